The molecule has 7 nitrogen and oxygen atoms in total. The summed E-state index contributed by atoms with van der Waals surface area (Å²) in [4.78, 5) is 21.5. The van der Waals surface area contributed by atoms with Gasteiger partial charge in [0.05, 0.1) is 16.2 Å². The molecule has 23 heavy (non-hydrogen) atoms. The van der Waals surface area contributed by atoms with E-state index in [9.17, 15) is 0 Å². The van der Waals surface area contributed by atoms with E-state index >= 15 is 0 Å². The zero-order chi connectivity index (χ0) is 16.2. The van der Waals surface area contributed by atoms with Crippen LogP contribution in [0.1, 0.15) is 0 Å². The molecule has 0 saturated carbocycles. The second-order valence-corrected chi connectivity index (χ2v) is 6.65. The first kappa shape index (κ1) is 16.6. The maximum absolute atomic E-state index is 6.12. The second-order valence-electron chi connectivity index (χ2n) is 5.12. The normalized spacial score (nSPS) is 18.3. The van der Waals surface area contributed by atoms with Crippen LogP contribution in [0.3, 0.4) is 0 Å². The Kier molecular flexibility index (Phi) is 5.44. The summed E-state index contributed by atoms with van der Waals surface area (Å²) in [5.41, 5.74) is 0. The molecule has 1 aliphatic rings. The van der Waals surface area contributed by atoms with Gasteiger partial charge in [-0.15, -0.1) is 0 Å². The molecule has 3 rings (SSSR count). The van der Waals surface area contributed by atoms with E-state index in [1.54, 1.807) is 25.8 Å². The van der Waals surface area contributed by atoms with Crippen LogP contribution >= 0.6 is 34.2 Å². The summed E-state index contributed by atoms with van der Waals surface area (Å²) in [7, 11) is 1.70. The van der Waals surface area contributed by atoms with E-state index in [4.69, 9.17) is 16.3 Å². The lowest BCUT2D eigenvalue weighted by Gasteiger charge is -2.41. The highest BCUT2D eigenvalue weighted by Gasteiger charge is 2.29. The first-order valence-electron chi connectivity index (χ1n) is 7.13. The Morgan fingerprint density at radius 1 is 1.39 bits per heavy atom. The highest BCUT2D eigenvalue weighted by Crippen LogP contribution is 2.23. The maximum Gasteiger partial charge on any atom is 0.226 e. The largest absolute Gasteiger partial charge is 0.382 e. The Morgan fingerprint density at radius 2 is 2.26 bits per heavy atom. The van der Waals surface area contributed by atoms with Crippen molar-refractivity contribution in [2.24, 2.45) is 0 Å². The standard InChI is InChI=1S/C14H16ClIN6O/c1-23-8-10-7-21(14-18-6-11(16)13(15)20-14)4-5-22(10)12-2-3-17-9-19-12/h2-3,6,9-10H,4-5,7-8H2,1H3/t10-/m1/s1. The maximum atomic E-state index is 6.12. The molecule has 1 saturated heterocycles. The molecule has 0 aromatic carbocycles. The van der Waals surface area contributed by atoms with Gasteiger partial charge in [0.1, 0.15) is 17.3 Å². The van der Waals surface area contributed by atoms with Gasteiger partial charge in [-0.2, -0.15) is 4.98 Å². The average molecular weight is 447 g/mol. The van der Waals surface area contributed by atoms with Gasteiger partial charge in [0.25, 0.3) is 0 Å². The molecular weight excluding hydrogens is 431 g/mol. The lowest BCUT2D eigenvalue weighted by atomic mass is 10.2. The van der Waals surface area contributed by atoms with Gasteiger partial charge >= 0.3 is 0 Å². The van der Waals surface area contributed by atoms with Crippen molar-refractivity contribution in [2.45, 2.75) is 6.04 Å². The number of hydrogen-bond donors (Lipinski definition) is 0. The van der Waals surface area contributed by atoms with Gasteiger partial charge in [-0.25, -0.2) is 15.0 Å². The lowest BCUT2D eigenvalue weighted by molar-refractivity contribution is 0.173. The Hall–Kier alpha value is -1.26. The molecule has 2 aromatic rings. The molecule has 0 radical (unpaired) electrons. The van der Waals surface area contributed by atoms with Crippen LogP contribution in [0.25, 0.3) is 0 Å². The number of rotatable bonds is 4. The van der Waals surface area contributed by atoms with Crippen molar-refractivity contribution in [1.29, 1.82) is 0 Å². The third-order valence-electron chi connectivity index (χ3n) is 3.67. The quantitative estimate of drug-likeness (QED) is 0.525. The van der Waals surface area contributed by atoms with Crippen LogP contribution in [0.2, 0.25) is 5.15 Å². The van der Waals surface area contributed by atoms with Crippen LogP contribution in [0.4, 0.5) is 11.8 Å². The van der Waals surface area contributed by atoms with Crippen LogP contribution in [-0.2, 0) is 4.74 Å². The summed E-state index contributed by atoms with van der Waals surface area (Å²) in [5, 5.41) is 0.483. The summed E-state index contributed by atoms with van der Waals surface area (Å²) in [5.74, 6) is 1.56. The number of aromatic nitrogens is 4. The van der Waals surface area contributed by atoms with E-state index in [-0.39, 0.29) is 6.04 Å². The molecule has 0 spiro atoms. The predicted molar refractivity (Wildman–Crippen MR) is 97.0 cm³/mol. The number of halogens is 2. The zero-order valence-corrected chi connectivity index (χ0v) is 15.5. The van der Waals surface area contributed by atoms with E-state index in [1.165, 1.54) is 0 Å². The van der Waals surface area contributed by atoms with Gasteiger partial charge in [0, 0.05) is 39.1 Å². The first-order chi connectivity index (χ1) is 11.2. The number of piperazine rings is 1. The number of anilines is 2. The Labute approximate surface area is 153 Å². The molecular formula is C14H16ClIN6O. The number of ether oxygens (including phenoxy) is 1. The molecule has 0 amide bonds. The number of hydrogen-bond acceptors (Lipinski definition) is 7. The zero-order valence-electron chi connectivity index (χ0n) is 12.6. The average Bonchev–Trinajstić information content (AvgIpc) is 2.58. The molecule has 1 fully saturated rings. The Bertz CT molecular complexity index is 661. The minimum atomic E-state index is 0.158. The lowest BCUT2D eigenvalue weighted by Crippen LogP contribution is -2.56. The fraction of sp³-hybridized carbons (Fsp3) is 0.429. The van der Waals surface area contributed by atoms with E-state index in [2.05, 4.69) is 52.3 Å². The SMILES string of the molecule is COC[C@H]1CN(c2ncc(I)c(Cl)n2)CCN1c1ccncn1. The highest BCUT2D eigenvalue weighted by molar-refractivity contribution is 14.1. The molecule has 0 unspecified atom stereocenters. The first-order valence-corrected chi connectivity index (χ1v) is 8.59. The molecule has 0 N–H and O–H groups in total. The van der Waals surface area contributed by atoms with Crippen LogP contribution in [0, 0.1) is 3.57 Å². The minimum Gasteiger partial charge on any atom is -0.382 e. The van der Waals surface area contributed by atoms with Crippen molar-refractivity contribution < 1.29 is 4.74 Å². The fourth-order valence-corrected chi connectivity index (χ4v) is 3.00. The Morgan fingerprint density at radius 3 is 2.96 bits per heavy atom. The van der Waals surface area contributed by atoms with Gasteiger partial charge in [0.15, 0.2) is 0 Å². The van der Waals surface area contributed by atoms with E-state index in [0.717, 1.165) is 29.0 Å². The fourth-order valence-electron chi connectivity index (χ4n) is 2.62. The van der Waals surface area contributed by atoms with Gasteiger partial charge in [-0.1, -0.05) is 11.6 Å². The third-order valence-corrected chi connectivity index (χ3v) is 5.07. The van der Waals surface area contributed by atoms with Crippen molar-refractivity contribution in [3.63, 3.8) is 0 Å². The molecule has 0 bridgehead atoms. The second kappa shape index (κ2) is 7.54. The summed E-state index contributed by atoms with van der Waals surface area (Å²) in [6.07, 6.45) is 5.06. The van der Waals surface area contributed by atoms with E-state index in [1.807, 2.05) is 6.07 Å². The molecule has 9 heteroatoms. The smallest absolute Gasteiger partial charge is 0.226 e. The summed E-state index contributed by atoms with van der Waals surface area (Å²) >= 11 is 8.24. The van der Waals surface area contributed by atoms with Gasteiger partial charge in [-0.3, -0.25) is 0 Å². The van der Waals surface area contributed by atoms with Crippen molar-refractivity contribution in [3.8, 4) is 0 Å². The van der Waals surface area contributed by atoms with Crippen LogP contribution in [-0.4, -0.2) is 59.3 Å². The summed E-state index contributed by atoms with van der Waals surface area (Å²) < 4.78 is 6.23. The van der Waals surface area contributed by atoms with E-state index in [0.29, 0.717) is 17.7 Å². The monoisotopic (exact) mass is 446 g/mol. The van der Waals surface area contributed by atoms with Crippen molar-refractivity contribution >= 4 is 46.0 Å². The van der Waals surface area contributed by atoms with Gasteiger partial charge < -0.3 is 14.5 Å². The van der Waals surface area contributed by atoms with Crippen LogP contribution < -0.4 is 9.80 Å². The van der Waals surface area contributed by atoms with Crippen LogP contribution in [0.5, 0.6) is 0 Å². The van der Waals surface area contributed by atoms with E-state index < -0.39 is 0 Å². The molecule has 2 aromatic heterocycles. The number of nitrogens with zero attached hydrogens (tertiary/aromatic N) is 6. The Balaban J connectivity index is 1.79. The number of methoxy groups -OCH3 is 1. The molecule has 0 aliphatic carbocycles. The summed E-state index contributed by atoms with van der Waals surface area (Å²) in [6, 6.07) is 2.07. The molecule has 3 heterocycles. The van der Waals surface area contributed by atoms with Crippen molar-refractivity contribution in [2.75, 3.05) is 43.2 Å². The summed E-state index contributed by atoms with van der Waals surface area (Å²) in [6.45, 7) is 2.94. The molecule has 1 atom stereocenters. The highest BCUT2D eigenvalue weighted by atomic mass is 127. The predicted octanol–water partition coefficient (Wildman–Crippen LogP) is 1.87. The molecule has 1 aliphatic heterocycles. The van der Waals surface area contributed by atoms with Crippen molar-refractivity contribution in [3.05, 3.63) is 33.5 Å². The van der Waals surface area contributed by atoms with Gasteiger partial charge in [0.2, 0.25) is 5.95 Å². The third kappa shape index (κ3) is 3.81. The topological polar surface area (TPSA) is 67.3 Å². The van der Waals surface area contributed by atoms with Gasteiger partial charge in [-0.05, 0) is 28.7 Å². The minimum absolute atomic E-state index is 0.158. The molecule has 122 valence electrons. The van der Waals surface area contributed by atoms with Crippen LogP contribution in [0.15, 0.2) is 24.8 Å². The van der Waals surface area contributed by atoms with Crippen molar-refractivity contribution in [1.82, 2.24) is 19.9 Å².